The molecule has 1 amide bonds. The minimum Gasteiger partial charge on any atom is -0.444 e. The van der Waals surface area contributed by atoms with E-state index in [9.17, 15) is 4.79 Å². The molecule has 0 aliphatic heterocycles. The van der Waals surface area contributed by atoms with Crippen molar-refractivity contribution in [2.45, 2.75) is 64.5 Å². The highest BCUT2D eigenvalue weighted by Crippen LogP contribution is 2.26. The van der Waals surface area contributed by atoms with Gasteiger partial charge in [0.15, 0.2) is 0 Å². The molecule has 1 saturated carbocycles. The molecule has 0 heterocycles. The molecular weight excluding hydrogens is 216 g/mol. The Morgan fingerprint density at radius 3 is 2.71 bits per heavy atom. The highest BCUT2D eigenvalue weighted by molar-refractivity contribution is 5.68. The molecule has 4 heteroatoms. The van der Waals surface area contributed by atoms with Crippen molar-refractivity contribution in [3.63, 3.8) is 0 Å². The van der Waals surface area contributed by atoms with Crippen molar-refractivity contribution in [2.24, 2.45) is 11.7 Å². The molecule has 0 radical (unpaired) electrons. The summed E-state index contributed by atoms with van der Waals surface area (Å²) in [5.41, 5.74) is 5.16. The zero-order chi connectivity index (χ0) is 12.9. The molecule has 0 saturated heterocycles. The van der Waals surface area contributed by atoms with E-state index in [1.54, 1.807) is 0 Å². The number of carbonyl (C=O) groups is 1. The van der Waals surface area contributed by atoms with Gasteiger partial charge in [0.2, 0.25) is 0 Å². The molecule has 17 heavy (non-hydrogen) atoms. The molecule has 0 bridgehead atoms. The molecule has 2 atom stereocenters. The van der Waals surface area contributed by atoms with Gasteiger partial charge in [0, 0.05) is 6.04 Å². The molecule has 0 aromatic rings. The van der Waals surface area contributed by atoms with Gasteiger partial charge < -0.3 is 15.8 Å². The standard InChI is InChI=1S/C13H26N2O2/c1-13(2,3)17-12(16)15-11-6-4-5-10(9-11)7-8-14/h10-11H,4-9,14H2,1-3H3,(H,15,16). The van der Waals surface area contributed by atoms with Crippen LogP contribution in [0.25, 0.3) is 0 Å². The first-order chi connectivity index (χ1) is 7.90. The van der Waals surface area contributed by atoms with Crippen molar-refractivity contribution in [2.75, 3.05) is 6.54 Å². The Balaban J connectivity index is 2.33. The number of hydrogen-bond acceptors (Lipinski definition) is 3. The first-order valence-electron chi connectivity index (χ1n) is 6.60. The molecular formula is C13H26N2O2. The summed E-state index contributed by atoms with van der Waals surface area (Å²) >= 11 is 0. The number of alkyl carbamates (subject to hydrolysis) is 1. The summed E-state index contributed by atoms with van der Waals surface area (Å²) in [5.74, 6) is 0.661. The molecule has 1 rings (SSSR count). The molecule has 4 nitrogen and oxygen atoms in total. The summed E-state index contributed by atoms with van der Waals surface area (Å²) < 4.78 is 5.26. The Labute approximate surface area is 104 Å². The SMILES string of the molecule is CC(C)(C)OC(=O)NC1CCCC(CCN)C1. The maximum atomic E-state index is 11.6. The van der Waals surface area contributed by atoms with E-state index in [4.69, 9.17) is 10.5 Å². The lowest BCUT2D eigenvalue weighted by Crippen LogP contribution is -2.41. The van der Waals surface area contributed by atoms with Crippen LogP contribution >= 0.6 is 0 Å². The minimum atomic E-state index is -0.421. The molecule has 0 spiro atoms. The van der Waals surface area contributed by atoms with Crippen molar-refractivity contribution in [1.82, 2.24) is 5.32 Å². The summed E-state index contributed by atoms with van der Waals surface area (Å²) in [4.78, 5) is 11.6. The predicted molar refractivity (Wildman–Crippen MR) is 68.8 cm³/mol. The first kappa shape index (κ1) is 14.3. The van der Waals surface area contributed by atoms with Crippen molar-refractivity contribution in [3.05, 3.63) is 0 Å². The molecule has 1 aliphatic carbocycles. The predicted octanol–water partition coefficient (Wildman–Crippen LogP) is 2.42. The summed E-state index contributed by atoms with van der Waals surface area (Å²) in [6.45, 7) is 6.38. The fraction of sp³-hybridized carbons (Fsp3) is 0.923. The lowest BCUT2D eigenvalue weighted by atomic mass is 9.84. The average molecular weight is 242 g/mol. The van der Waals surface area contributed by atoms with E-state index in [0.29, 0.717) is 5.92 Å². The number of amides is 1. The van der Waals surface area contributed by atoms with Gasteiger partial charge in [-0.05, 0) is 52.5 Å². The van der Waals surface area contributed by atoms with Crippen molar-refractivity contribution in [1.29, 1.82) is 0 Å². The fourth-order valence-electron chi connectivity index (χ4n) is 2.39. The van der Waals surface area contributed by atoms with Crippen LogP contribution < -0.4 is 11.1 Å². The number of hydrogen-bond donors (Lipinski definition) is 2. The Hall–Kier alpha value is -0.770. The maximum Gasteiger partial charge on any atom is 0.407 e. The fourth-order valence-corrected chi connectivity index (χ4v) is 2.39. The van der Waals surface area contributed by atoms with Gasteiger partial charge >= 0.3 is 6.09 Å². The lowest BCUT2D eigenvalue weighted by Gasteiger charge is -2.30. The number of nitrogens with two attached hydrogens (primary N) is 1. The third-order valence-electron chi connectivity index (χ3n) is 3.08. The van der Waals surface area contributed by atoms with E-state index >= 15 is 0 Å². The number of rotatable bonds is 3. The first-order valence-corrected chi connectivity index (χ1v) is 6.60. The summed E-state index contributed by atoms with van der Waals surface area (Å²) in [7, 11) is 0. The second-order valence-electron chi connectivity index (χ2n) is 5.95. The van der Waals surface area contributed by atoms with Crippen LogP contribution in [0.15, 0.2) is 0 Å². The monoisotopic (exact) mass is 242 g/mol. The molecule has 3 N–H and O–H groups in total. The van der Waals surface area contributed by atoms with Gasteiger partial charge in [0.05, 0.1) is 0 Å². The Kier molecular flexibility index (Phi) is 5.25. The second-order valence-corrected chi connectivity index (χ2v) is 5.95. The Morgan fingerprint density at radius 1 is 1.41 bits per heavy atom. The second kappa shape index (κ2) is 6.24. The van der Waals surface area contributed by atoms with Crippen LogP contribution in [0.5, 0.6) is 0 Å². The zero-order valence-electron chi connectivity index (χ0n) is 11.3. The highest BCUT2D eigenvalue weighted by Gasteiger charge is 2.24. The quantitative estimate of drug-likeness (QED) is 0.799. The van der Waals surface area contributed by atoms with Gasteiger partial charge in [-0.25, -0.2) is 4.79 Å². The van der Waals surface area contributed by atoms with E-state index < -0.39 is 5.60 Å². The highest BCUT2D eigenvalue weighted by atomic mass is 16.6. The van der Waals surface area contributed by atoms with Gasteiger partial charge in [0.25, 0.3) is 0 Å². The number of carbonyl (C=O) groups excluding carboxylic acids is 1. The lowest BCUT2D eigenvalue weighted by molar-refractivity contribution is 0.0484. The van der Waals surface area contributed by atoms with Crippen LogP contribution in [0.1, 0.15) is 52.9 Å². The van der Waals surface area contributed by atoms with Gasteiger partial charge in [-0.15, -0.1) is 0 Å². The smallest absolute Gasteiger partial charge is 0.407 e. The van der Waals surface area contributed by atoms with Crippen LogP contribution in [0.2, 0.25) is 0 Å². The number of ether oxygens (including phenoxy) is 1. The molecule has 1 aliphatic rings. The minimum absolute atomic E-state index is 0.259. The maximum absolute atomic E-state index is 11.6. The summed E-state index contributed by atoms with van der Waals surface area (Å²) in [6.07, 6.45) is 5.27. The van der Waals surface area contributed by atoms with E-state index in [0.717, 1.165) is 25.8 Å². The van der Waals surface area contributed by atoms with E-state index in [1.165, 1.54) is 12.8 Å². The Morgan fingerprint density at radius 2 is 2.12 bits per heavy atom. The molecule has 2 unspecified atom stereocenters. The third kappa shape index (κ3) is 5.91. The molecule has 0 aromatic carbocycles. The average Bonchev–Trinajstić information content (AvgIpc) is 2.15. The van der Waals surface area contributed by atoms with Crippen LogP contribution in [0.4, 0.5) is 4.79 Å². The van der Waals surface area contributed by atoms with Crippen molar-refractivity contribution < 1.29 is 9.53 Å². The Bertz CT molecular complexity index is 246. The summed E-state index contributed by atoms with van der Waals surface area (Å²) in [5, 5.41) is 2.96. The molecule has 100 valence electrons. The molecule has 0 aromatic heterocycles. The largest absolute Gasteiger partial charge is 0.444 e. The van der Waals surface area contributed by atoms with Crippen molar-refractivity contribution >= 4 is 6.09 Å². The van der Waals surface area contributed by atoms with Crippen LogP contribution in [-0.2, 0) is 4.74 Å². The van der Waals surface area contributed by atoms with E-state index in [-0.39, 0.29) is 12.1 Å². The van der Waals surface area contributed by atoms with E-state index in [2.05, 4.69) is 5.32 Å². The van der Waals surface area contributed by atoms with Crippen LogP contribution in [-0.4, -0.2) is 24.3 Å². The van der Waals surface area contributed by atoms with Gasteiger partial charge in [-0.1, -0.05) is 12.8 Å². The van der Waals surface area contributed by atoms with Crippen LogP contribution in [0.3, 0.4) is 0 Å². The van der Waals surface area contributed by atoms with Crippen LogP contribution in [0, 0.1) is 5.92 Å². The molecule has 1 fully saturated rings. The zero-order valence-corrected chi connectivity index (χ0v) is 11.3. The van der Waals surface area contributed by atoms with Crippen molar-refractivity contribution in [3.8, 4) is 0 Å². The summed E-state index contributed by atoms with van der Waals surface area (Å²) in [6, 6.07) is 0.259. The topological polar surface area (TPSA) is 64.3 Å². The number of nitrogens with one attached hydrogen (secondary N) is 1. The third-order valence-corrected chi connectivity index (χ3v) is 3.08. The van der Waals surface area contributed by atoms with E-state index in [1.807, 2.05) is 20.8 Å². The van der Waals surface area contributed by atoms with Gasteiger partial charge in [0.1, 0.15) is 5.60 Å². The normalized spacial score (nSPS) is 25.4. The van der Waals surface area contributed by atoms with Gasteiger partial charge in [-0.2, -0.15) is 0 Å². The van der Waals surface area contributed by atoms with Gasteiger partial charge in [-0.3, -0.25) is 0 Å².